The molecule has 136 valence electrons. The number of fused-ring (bicyclic) bond motifs is 1. The number of ether oxygens (including phenoxy) is 3. The molecule has 5 atom stereocenters. The summed E-state index contributed by atoms with van der Waals surface area (Å²) in [6, 6.07) is 0.950. The van der Waals surface area contributed by atoms with Crippen LogP contribution in [0.1, 0.15) is 20.1 Å². The van der Waals surface area contributed by atoms with Crippen LogP contribution < -0.4 is 11.2 Å². The first-order chi connectivity index (χ1) is 11.7. The number of nitrogens with zero attached hydrogens (tertiary/aromatic N) is 1. The number of esters is 2. The van der Waals surface area contributed by atoms with Crippen molar-refractivity contribution in [3.05, 3.63) is 33.1 Å². The molecule has 2 heterocycles. The van der Waals surface area contributed by atoms with E-state index in [-0.39, 0.29) is 0 Å². The number of carbonyl (C=O) groups is 2. The Balaban J connectivity index is 2.04. The highest BCUT2D eigenvalue weighted by molar-refractivity contribution is 5.70. The zero-order chi connectivity index (χ0) is 18.6. The van der Waals surface area contributed by atoms with Crippen LogP contribution in [0, 0.1) is 0 Å². The normalized spacial score (nSPS) is 35.8. The van der Waals surface area contributed by atoms with Gasteiger partial charge in [-0.15, -0.1) is 0 Å². The molecule has 2 fully saturated rings. The summed E-state index contributed by atoms with van der Waals surface area (Å²) in [6.45, 7) is 0.680. The molecule has 0 radical (unpaired) electrons. The van der Waals surface area contributed by atoms with E-state index in [1.807, 2.05) is 4.98 Å². The van der Waals surface area contributed by atoms with Crippen molar-refractivity contribution in [3.63, 3.8) is 0 Å². The van der Waals surface area contributed by atoms with Gasteiger partial charge in [-0.3, -0.25) is 23.9 Å². The average Bonchev–Trinajstić information content (AvgIpc) is 2.93. The summed E-state index contributed by atoms with van der Waals surface area (Å²) in [7, 11) is 0. The Morgan fingerprint density at radius 3 is 2.56 bits per heavy atom. The molecule has 3 rings (SSSR count). The van der Waals surface area contributed by atoms with Crippen LogP contribution in [0.5, 0.6) is 0 Å². The van der Waals surface area contributed by atoms with E-state index in [0.29, 0.717) is 4.57 Å². The number of H-pyrrole nitrogens is 1. The highest BCUT2D eigenvalue weighted by Gasteiger charge is 2.93. The lowest BCUT2D eigenvalue weighted by molar-refractivity contribution is -0.165. The van der Waals surface area contributed by atoms with Crippen LogP contribution in [0.2, 0.25) is 0 Å². The molecule has 2 aliphatic rings. The van der Waals surface area contributed by atoms with Gasteiger partial charge in [0, 0.05) is 26.1 Å². The highest BCUT2D eigenvalue weighted by Crippen LogP contribution is 2.67. The molecule has 1 aliphatic heterocycles. The average molecular weight is 360 g/mol. The minimum atomic E-state index is -2.22. The minimum Gasteiger partial charge on any atom is -0.455 e. The molecular weight excluding hydrogens is 346 g/mol. The fraction of sp³-hybridized carbons (Fsp3) is 0.571. The van der Waals surface area contributed by atoms with Crippen molar-refractivity contribution < 1.29 is 32.6 Å². The lowest BCUT2D eigenvalue weighted by Crippen LogP contribution is -2.42. The molecule has 0 spiro atoms. The summed E-state index contributed by atoms with van der Waals surface area (Å²) < 4.78 is 44.7. The van der Waals surface area contributed by atoms with E-state index in [9.17, 15) is 23.6 Å². The Kier molecular flexibility index (Phi) is 3.78. The summed E-state index contributed by atoms with van der Waals surface area (Å²) in [5, 5.41) is 0. The number of aromatic nitrogens is 2. The second-order valence-corrected chi connectivity index (χ2v) is 5.83. The fourth-order valence-electron chi connectivity index (χ4n) is 3.30. The van der Waals surface area contributed by atoms with Gasteiger partial charge < -0.3 is 14.2 Å². The number of halogens is 2. The Bertz CT molecular complexity index is 852. The van der Waals surface area contributed by atoms with Crippen molar-refractivity contribution in [3.8, 4) is 0 Å². The van der Waals surface area contributed by atoms with Crippen molar-refractivity contribution >= 4 is 11.9 Å². The summed E-state index contributed by atoms with van der Waals surface area (Å²) in [5.41, 5.74) is -5.98. The first-order valence-electron chi connectivity index (χ1n) is 7.25. The first kappa shape index (κ1) is 17.3. The first-order valence-corrected chi connectivity index (χ1v) is 7.25. The van der Waals surface area contributed by atoms with Gasteiger partial charge in [-0.2, -0.15) is 0 Å². The number of alkyl halides is 2. The van der Waals surface area contributed by atoms with E-state index in [4.69, 9.17) is 14.2 Å². The van der Waals surface area contributed by atoms with Gasteiger partial charge in [0.2, 0.25) is 5.60 Å². The van der Waals surface area contributed by atoms with E-state index in [2.05, 4.69) is 0 Å². The molecule has 1 N–H and O–H groups in total. The number of aromatic amines is 1. The van der Waals surface area contributed by atoms with E-state index in [1.165, 1.54) is 0 Å². The number of hydrogen-bond donors (Lipinski definition) is 1. The number of rotatable bonds is 4. The SMILES string of the molecule is CC(=O)OC1[C@@]2(CF)O[C@@H](n3ccc(=O)[nH]c3=O)[C@H](F)[C@@]12OC(C)=O. The van der Waals surface area contributed by atoms with Crippen LogP contribution >= 0.6 is 0 Å². The molecule has 1 saturated carbocycles. The maximum Gasteiger partial charge on any atom is 0.330 e. The van der Waals surface area contributed by atoms with Crippen molar-refractivity contribution in [2.24, 2.45) is 0 Å². The van der Waals surface area contributed by atoms with Crippen molar-refractivity contribution in [1.29, 1.82) is 0 Å². The highest BCUT2D eigenvalue weighted by atomic mass is 19.1. The molecule has 1 aromatic rings. The van der Waals surface area contributed by atoms with Crippen LogP contribution in [-0.4, -0.2) is 51.6 Å². The van der Waals surface area contributed by atoms with Gasteiger partial charge in [-0.25, -0.2) is 13.6 Å². The molecule has 0 amide bonds. The van der Waals surface area contributed by atoms with Crippen molar-refractivity contribution in [1.82, 2.24) is 9.55 Å². The third-order valence-corrected chi connectivity index (χ3v) is 4.30. The maximum atomic E-state index is 15.1. The Morgan fingerprint density at radius 1 is 1.36 bits per heavy atom. The molecule has 1 saturated heterocycles. The van der Waals surface area contributed by atoms with Gasteiger partial charge in [0.15, 0.2) is 24.1 Å². The van der Waals surface area contributed by atoms with Gasteiger partial charge in [0.1, 0.15) is 6.67 Å². The standard InChI is InChI=1S/C14H14F2N2O7/c1-6(19)23-11-13(5-15)14(11,24-7(2)20)9(16)10(25-13)18-4-3-8(21)17-12(18)22/h3-4,9-11H,5H2,1-2H3,(H,17,21,22)/t9-,10+,11?,13+,14+/m0/s1. The largest absolute Gasteiger partial charge is 0.455 e. The lowest BCUT2D eigenvalue weighted by atomic mass is 10.1. The molecule has 1 aliphatic carbocycles. The van der Waals surface area contributed by atoms with Crippen molar-refractivity contribution in [2.75, 3.05) is 6.67 Å². The Labute approximate surface area is 138 Å². The fourth-order valence-corrected chi connectivity index (χ4v) is 3.30. The zero-order valence-electron chi connectivity index (χ0n) is 13.2. The molecule has 0 bridgehead atoms. The van der Waals surface area contributed by atoms with Gasteiger partial charge in [-0.1, -0.05) is 0 Å². The van der Waals surface area contributed by atoms with E-state index in [1.54, 1.807) is 0 Å². The van der Waals surface area contributed by atoms with Crippen LogP contribution in [0.4, 0.5) is 8.78 Å². The maximum absolute atomic E-state index is 15.1. The second-order valence-electron chi connectivity index (χ2n) is 5.83. The predicted octanol–water partition coefficient (Wildman–Crippen LogP) is -0.641. The van der Waals surface area contributed by atoms with Crippen LogP contribution in [0.3, 0.4) is 0 Å². The summed E-state index contributed by atoms with van der Waals surface area (Å²) in [6.07, 6.45) is -4.42. The number of hydrogen-bond acceptors (Lipinski definition) is 7. The zero-order valence-corrected chi connectivity index (χ0v) is 13.2. The molecule has 1 unspecified atom stereocenters. The molecular formula is C14H14F2N2O7. The van der Waals surface area contributed by atoms with E-state index in [0.717, 1.165) is 26.1 Å². The third kappa shape index (κ3) is 2.22. The van der Waals surface area contributed by atoms with Crippen molar-refractivity contribution in [2.45, 2.75) is 43.6 Å². The molecule has 9 nitrogen and oxygen atoms in total. The second kappa shape index (κ2) is 5.48. The summed E-state index contributed by atoms with van der Waals surface area (Å²) in [4.78, 5) is 47.5. The monoisotopic (exact) mass is 360 g/mol. The molecule has 1 aromatic heterocycles. The summed E-state index contributed by atoms with van der Waals surface area (Å²) in [5.74, 6) is -1.78. The Morgan fingerprint density at radius 2 is 2.04 bits per heavy atom. The van der Waals surface area contributed by atoms with Gasteiger partial charge in [0.05, 0.1) is 0 Å². The van der Waals surface area contributed by atoms with Crippen LogP contribution in [-0.2, 0) is 23.8 Å². The summed E-state index contributed by atoms with van der Waals surface area (Å²) >= 11 is 0. The van der Waals surface area contributed by atoms with Gasteiger partial charge >= 0.3 is 17.6 Å². The van der Waals surface area contributed by atoms with Crippen LogP contribution in [0.25, 0.3) is 0 Å². The molecule has 0 aromatic carbocycles. The van der Waals surface area contributed by atoms with Crippen LogP contribution in [0.15, 0.2) is 21.9 Å². The number of nitrogens with one attached hydrogen (secondary N) is 1. The quantitative estimate of drug-likeness (QED) is 0.710. The minimum absolute atomic E-state index is 0.700. The molecule has 11 heteroatoms. The van der Waals surface area contributed by atoms with Gasteiger partial charge in [-0.05, 0) is 0 Å². The lowest BCUT2D eigenvalue weighted by Gasteiger charge is -2.24. The Hall–Kier alpha value is -2.56. The topological polar surface area (TPSA) is 117 Å². The smallest absolute Gasteiger partial charge is 0.330 e. The third-order valence-electron chi connectivity index (χ3n) is 4.30. The predicted molar refractivity (Wildman–Crippen MR) is 75.1 cm³/mol. The molecule has 25 heavy (non-hydrogen) atoms. The van der Waals surface area contributed by atoms with Gasteiger partial charge in [0.25, 0.3) is 5.56 Å². The van der Waals surface area contributed by atoms with E-state index >= 15 is 4.39 Å². The van der Waals surface area contributed by atoms with E-state index < -0.39 is 59.6 Å². The number of carbonyl (C=O) groups excluding carboxylic acids is 2.